The Hall–Kier alpha value is -1.42. The van der Waals surface area contributed by atoms with Crippen molar-refractivity contribution in [2.24, 2.45) is 5.92 Å². The van der Waals surface area contributed by atoms with Gasteiger partial charge < -0.3 is 4.52 Å². The molecule has 124 valence electrons. The number of halogens is 1. The van der Waals surface area contributed by atoms with E-state index >= 15 is 0 Å². The standard InChI is InChI=1S/C18H24ClN3O/c1-2-3-4-6-13-8-10-14(11-9-13)17-21-18(23-22-17)15-7-5-12-20-16(15)19/h5,7,12-14H,2-4,6,8-11H2,1H3. The van der Waals surface area contributed by atoms with Crippen LogP contribution in [-0.2, 0) is 0 Å². The predicted octanol–water partition coefficient (Wildman–Crippen LogP) is 5.64. The van der Waals surface area contributed by atoms with Crippen molar-refractivity contribution in [1.82, 2.24) is 15.1 Å². The van der Waals surface area contributed by atoms with Gasteiger partial charge in [-0.3, -0.25) is 0 Å². The molecule has 23 heavy (non-hydrogen) atoms. The Morgan fingerprint density at radius 3 is 2.78 bits per heavy atom. The van der Waals surface area contributed by atoms with Crippen molar-refractivity contribution in [3.63, 3.8) is 0 Å². The Morgan fingerprint density at radius 1 is 1.22 bits per heavy atom. The van der Waals surface area contributed by atoms with E-state index in [2.05, 4.69) is 22.0 Å². The summed E-state index contributed by atoms with van der Waals surface area (Å²) < 4.78 is 5.41. The molecule has 0 amide bonds. The van der Waals surface area contributed by atoms with E-state index in [9.17, 15) is 0 Å². The quantitative estimate of drug-likeness (QED) is 0.507. The van der Waals surface area contributed by atoms with Crippen LogP contribution in [0, 0.1) is 5.92 Å². The van der Waals surface area contributed by atoms with Crippen molar-refractivity contribution < 1.29 is 4.52 Å². The van der Waals surface area contributed by atoms with Crippen LogP contribution in [0.2, 0.25) is 5.15 Å². The number of unbranched alkanes of at least 4 members (excludes halogenated alkanes) is 2. The lowest BCUT2D eigenvalue weighted by Gasteiger charge is -2.26. The number of nitrogens with zero attached hydrogens (tertiary/aromatic N) is 3. The summed E-state index contributed by atoms with van der Waals surface area (Å²) in [5, 5.41) is 4.59. The van der Waals surface area contributed by atoms with Crippen LogP contribution in [0.25, 0.3) is 11.5 Å². The molecule has 0 N–H and O–H groups in total. The molecule has 0 aromatic carbocycles. The second-order valence-corrected chi connectivity index (χ2v) is 6.87. The van der Waals surface area contributed by atoms with Gasteiger partial charge in [0.15, 0.2) is 5.82 Å². The molecule has 1 aliphatic rings. The second kappa shape index (κ2) is 7.91. The van der Waals surface area contributed by atoms with Crippen molar-refractivity contribution in [3.8, 4) is 11.5 Å². The first-order valence-corrected chi connectivity index (χ1v) is 9.10. The number of hydrogen-bond donors (Lipinski definition) is 0. The zero-order valence-electron chi connectivity index (χ0n) is 13.7. The first-order chi connectivity index (χ1) is 11.3. The number of hydrogen-bond acceptors (Lipinski definition) is 4. The average molecular weight is 334 g/mol. The summed E-state index contributed by atoms with van der Waals surface area (Å²) in [6, 6.07) is 3.68. The van der Waals surface area contributed by atoms with Gasteiger partial charge in [0.2, 0.25) is 0 Å². The smallest absolute Gasteiger partial charge is 0.261 e. The van der Waals surface area contributed by atoms with Gasteiger partial charge >= 0.3 is 0 Å². The van der Waals surface area contributed by atoms with Crippen LogP contribution >= 0.6 is 11.6 Å². The van der Waals surface area contributed by atoms with E-state index in [1.54, 1.807) is 6.20 Å². The molecule has 1 fully saturated rings. The van der Waals surface area contributed by atoms with Crippen LogP contribution in [0.1, 0.15) is 70.0 Å². The van der Waals surface area contributed by atoms with Crippen molar-refractivity contribution in [1.29, 1.82) is 0 Å². The molecule has 0 bridgehead atoms. The highest BCUT2D eigenvalue weighted by atomic mass is 35.5. The first-order valence-electron chi connectivity index (χ1n) is 8.72. The van der Waals surface area contributed by atoms with Gasteiger partial charge in [-0.25, -0.2) is 4.98 Å². The van der Waals surface area contributed by atoms with E-state index in [0.717, 1.165) is 24.6 Å². The zero-order valence-corrected chi connectivity index (χ0v) is 14.4. The lowest BCUT2D eigenvalue weighted by molar-refractivity contribution is 0.292. The molecule has 0 spiro atoms. The molecule has 0 radical (unpaired) electrons. The fourth-order valence-corrected chi connectivity index (χ4v) is 3.65. The van der Waals surface area contributed by atoms with Gasteiger partial charge in [0.05, 0.1) is 5.56 Å². The van der Waals surface area contributed by atoms with Crippen molar-refractivity contribution in [2.75, 3.05) is 0 Å². The number of aromatic nitrogens is 3. The molecule has 4 nitrogen and oxygen atoms in total. The van der Waals surface area contributed by atoms with Crippen LogP contribution in [-0.4, -0.2) is 15.1 Å². The summed E-state index contributed by atoms with van der Waals surface area (Å²) in [4.78, 5) is 8.62. The molecular formula is C18H24ClN3O. The summed E-state index contributed by atoms with van der Waals surface area (Å²) in [6.07, 6.45) is 12.0. The van der Waals surface area contributed by atoms with Gasteiger partial charge in [-0.1, -0.05) is 49.4 Å². The van der Waals surface area contributed by atoms with E-state index in [1.807, 2.05) is 12.1 Å². The Balaban J connectivity index is 1.59. The van der Waals surface area contributed by atoms with Gasteiger partial charge in [-0.2, -0.15) is 4.98 Å². The third kappa shape index (κ3) is 4.11. The fourth-order valence-electron chi connectivity index (χ4n) is 3.45. The summed E-state index contributed by atoms with van der Waals surface area (Å²) in [6.45, 7) is 2.26. The van der Waals surface area contributed by atoms with Crippen LogP contribution < -0.4 is 0 Å². The SMILES string of the molecule is CCCCCC1CCC(c2noc(-c3cccnc3Cl)n2)CC1. The maximum Gasteiger partial charge on any atom is 0.261 e. The lowest BCUT2D eigenvalue weighted by atomic mass is 9.79. The van der Waals surface area contributed by atoms with E-state index < -0.39 is 0 Å². The van der Waals surface area contributed by atoms with Crippen LogP contribution in [0.5, 0.6) is 0 Å². The van der Waals surface area contributed by atoms with Crippen LogP contribution in [0.3, 0.4) is 0 Å². The van der Waals surface area contributed by atoms with Crippen LogP contribution in [0.15, 0.2) is 22.9 Å². The van der Waals surface area contributed by atoms with Crippen molar-refractivity contribution in [2.45, 2.75) is 64.2 Å². The zero-order chi connectivity index (χ0) is 16.1. The molecule has 2 heterocycles. The molecule has 2 aromatic rings. The molecular weight excluding hydrogens is 310 g/mol. The predicted molar refractivity (Wildman–Crippen MR) is 91.4 cm³/mol. The third-order valence-corrected chi connectivity index (χ3v) is 5.16. The van der Waals surface area contributed by atoms with E-state index in [-0.39, 0.29) is 0 Å². The molecule has 1 saturated carbocycles. The molecule has 5 heteroatoms. The average Bonchev–Trinajstić information content (AvgIpc) is 3.06. The summed E-state index contributed by atoms with van der Waals surface area (Å²) in [5.74, 6) is 2.61. The summed E-state index contributed by atoms with van der Waals surface area (Å²) >= 11 is 6.09. The topological polar surface area (TPSA) is 51.8 Å². The normalized spacial score (nSPS) is 21.5. The Morgan fingerprint density at radius 2 is 2.04 bits per heavy atom. The molecule has 1 aliphatic carbocycles. The minimum atomic E-state index is 0.405. The van der Waals surface area contributed by atoms with Gasteiger partial charge in [0.25, 0.3) is 5.89 Å². The highest BCUT2D eigenvalue weighted by molar-refractivity contribution is 6.31. The van der Waals surface area contributed by atoms with E-state index in [1.165, 1.54) is 38.5 Å². The van der Waals surface area contributed by atoms with Crippen LogP contribution in [0.4, 0.5) is 0 Å². The van der Waals surface area contributed by atoms with Gasteiger partial charge in [0, 0.05) is 12.1 Å². The number of rotatable bonds is 6. The van der Waals surface area contributed by atoms with E-state index in [0.29, 0.717) is 22.5 Å². The molecule has 0 atom stereocenters. The Labute approximate surface area is 142 Å². The number of pyridine rings is 1. The molecule has 0 unspecified atom stereocenters. The van der Waals surface area contributed by atoms with Crippen molar-refractivity contribution >= 4 is 11.6 Å². The Kier molecular flexibility index (Phi) is 5.65. The first kappa shape index (κ1) is 16.4. The molecule has 2 aromatic heterocycles. The van der Waals surface area contributed by atoms with Gasteiger partial charge in [0.1, 0.15) is 5.15 Å². The molecule has 0 aliphatic heterocycles. The molecule has 3 rings (SSSR count). The van der Waals surface area contributed by atoms with Gasteiger partial charge in [-0.05, 0) is 43.7 Å². The lowest BCUT2D eigenvalue weighted by Crippen LogP contribution is -2.14. The monoisotopic (exact) mass is 333 g/mol. The highest BCUT2D eigenvalue weighted by Gasteiger charge is 2.26. The largest absolute Gasteiger partial charge is 0.334 e. The minimum Gasteiger partial charge on any atom is -0.334 e. The Bertz CT molecular complexity index is 620. The summed E-state index contributed by atoms with van der Waals surface area (Å²) in [7, 11) is 0. The highest BCUT2D eigenvalue weighted by Crippen LogP contribution is 2.37. The summed E-state index contributed by atoms with van der Waals surface area (Å²) in [5.41, 5.74) is 0.709. The van der Waals surface area contributed by atoms with E-state index in [4.69, 9.17) is 16.1 Å². The maximum absolute atomic E-state index is 6.09. The maximum atomic E-state index is 6.09. The molecule has 0 saturated heterocycles. The van der Waals surface area contributed by atoms with Crippen molar-refractivity contribution in [3.05, 3.63) is 29.3 Å². The second-order valence-electron chi connectivity index (χ2n) is 6.51. The minimum absolute atomic E-state index is 0.405. The fraction of sp³-hybridized carbons (Fsp3) is 0.611. The van der Waals surface area contributed by atoms with Gasteiger partial charge in [-0.15, -0.1) is 0 Å². The third-order valence-electron chi connectivity index (χ3n) is 4.86.